The van der Waals surface area contributed by atoms with Crippen LogP contribution in [-0.4, -0.2) is 6.16 Å². The second kappa shape index (κ2) is 15.7. The van der Waals surface area contributed by atoms with Crippen molar-refractivity contribution in [2.45, 2.75) is 0 Å². The van der Waals surface area contributed by atoms with Crippen LogP contribution in [0, 0.1) is 0 Å². The van der Waals surface area contributed by atoms with Crippen LogP contribution in [0.1, 0.15) is 0 Å². The summed E-state index contributed by atoms with van der Waals surface area (Å²) in [6.45, 7) is 0. The Labute approximate surface area is 111 Å². The quantitative estimate of drug-likeness (QED) is 0.328. The average molecular weight is 285 g/mol. The Kier molecular flexibility index (Phi) is 51.4. The van der Waals surface area contributed by atoms with E-state index in [1.165, 1.54) is 0 Å². The summed E-state index contributed by atoms with van der Waals surface area (Å²) in [7, 11) is 0. The van der Waals surface area contributed by atoms with Crippen LogP contribution in [-0.2, 0) is 16.8 Å². The molecule has 0 aromatic rings. The van der Waals surface area contributed by atoms with E-state index in [-0.39, 0.29) is 92.1 Å². The van der Waals surface area contributed by atoms with Gasteiger partial charge in [0, 0.05) is 0 Å². The van der Waals surface area contributed by atoms with Crippen molar-refractivity contribution >= 4 is 6.16 Å². The van der Waals surface area contributed by atoms with Gasteiger partial charge >= 0.3 is 68.2 Å². The third-order valence-corrected chi connectivity index (χ3v) is 0. The molecule has 0 bridgehead atoms. The van der Waals surface area contributed by atoms with Crippen LogP contribution < -0.4 is 85.6 Å². The Morgan fingerprint density at radius 3 is 1.29 bits per heavy atom. The first-order valence-corrected chi connectivity index (χ1v) is 0.612. The fourth-order valence-electron chi connectivity index (χ4n) is 0. The summed E-state index contributed by atoms with van der Waals surface area (Å²) in [5.74, 6) is 0. The third-order valence-electron chi connectivity index (χ3n) is 0. The van der Waals surface area contributed by atoms with Crippen molar-refractivity contribution in [2.75, 3.05) is 0 Å². The Morgan fingerprint density at radius 1 is 1.29 bits per heavy atom. The smallest absolute Gasteiger partial charge is 1.00 e. The molecular formula is CCoIKO3. The van der Waals surface area contributed by atoms with E-state index in [4.69, 9.17) is 15.0 Å². The Hall–Kier alpha value is 2.14. The Bertz CT molecular complexity index is 37.9. The molecule has 1 radical (unpaired) electrons. The molecule has 0 amide bonds. The predicted molar refractivity (Wildman–Crippen MR) is 5.40 cm³/mol. The van der Waals surface area contributed by atoms with Gasteiger partial charge in [0.1, 0.15) is 0 Å². The maximum absolute atomic E-state index is 8.33. The molecule has 0 fully saturated rings. The second-order valence-electron chi connectivity index (χ2n) is 0.250. The molecule has 0 rings (SSSR count). The molecule has 39 valence electrons. The molecule has 0 atom stereocenters. The molecule has 7 heavy (non-hydrogen) atoms. The summed E-state index contributed by atoms with van der Waals surface area (Å²) < 4.78 is 0. The van der Waals surface area contributed by atoms with Gasteiger partial charge in [-0.25, -0.2) is 0 Å². The summed E-state index contributed by atoms with van der Waals surface area (Å²) >= 11 is 0. The topological polar surface area (TPSA) is 63.2 Å². The normalized spacial score (nSPS) is 3.43. The Morgan fingerprint density at radius 2 is 1.29 bits per heavy atom. The molecule has 0 saturated carbocycles. The van der Waals surface area contributed by atoms with Crippen LogP contribution in [0.3, 0.4) is 0 Å². The zero-order valence-electron chi connectivity index (χ0n) is 3.44. The summed E-state index contributed by atoms with van der Waals surface area (Å²) in [6.07, 6.45) is -2.33. The van der Waals surface area contributed by atoms with Gasteiger partial charge in [-0.05, 0) is 6.16 Å². The van der Waals surface area contributed by atoms with Crippen molar-refractivity contribution in [2.24, 2.45) is 0 Å². The fraction of sp³-hybridized carbons (Fsp3) is 0. The molecule has 0 N–H and O–H groups in total. The minimum atomic E-state index is -2.33. The van der Waals surface area contributed by atoms with Crippen molar-refractivity contribution in [3.63, 3.8) is 0 Å². The molecule has 0 aromatic carbocycles. The van der Waals surface area contributed by atoms with Gasteiger partial charge in [-0.1, -0.05) is 0 Å². The van der Waals surface area contributed by atoms with Crippen LogP contribution in [0.25, 0.3) is 0 Å². The van der Waals surface area contributed by atoms with E-state index in [2.05, 4.69) is 0 Å². The van der Waals surface area contributed by atoms with Crippen LogP contribution in [0.15, 0.2) is 0 Å². The maximum atomic E-state index is 8.33. The summed E-state index contributed by atoms with van der Waals surface area (Å²) in [6, 6.07) is 0. The zero-order valence-corrected chi connectivity index (χ0v) is 9.76. The molecule has 0 aliphatic carbocycles. The number of carbonyl (C=O) groups excluding carboxylic acids is 1. The first-order valence-electron chi connectivity index (χ1n) is 0.612. The predicted octanol–water partition coefficient (Wildman–Crippen LogP) is -8.44. The van der Waals surface area contributed by atoms with E-state index >= 15 is 0 Å². The van der Waals surface area contributed by atoms with Gasteiger partial charge < -0.3 is 39.0 Å². The number of rotatable bonds is 0. The van der Waals surface area contributed by atoms with Crippen LogP contribution in [0.2, 0.25) is 0 Å². The number of hydrogen-bond donors (Lipinski definition) is 0. The van der Waals surface area contributed by atoms with Crippen molar-refractivity contribution in [1.82, 2.24) is 0 Å². The molecule has 3 nitrogen and oxygen atoms in total. The molecule has 0 heterocycles. The maximum Gasteiger partial charge on any atom is 2.00 e. The number of carboxylic acid groups (broad SMARTS) is 2. The van der Waals surface area contributed by atoms with Crippen LogP contribution >= 0.6 is 0 Å². The van der Waals surface area contributed by atoms with E-state index in [0.717, 1.165) is 0 Å². The van der Waals surface area contributed by atoms with Gasteiger partial charge in [0.15, 0.2) is 0 Å². The standard InChI is InChI=1S/CH2O3.Co.HI.K/c2-1(3)4;;;/h(H2,2,3,4);;1H;/q;+2;;+1/p-3. The molecule has 0 unspecified atom stereocenters. The van der Waals surface area contributed by atoms with Crippen LogP contribution in [0.5, 0.6) is 0 Å². The molecular weight excluding hydrogens is 285 g/mol. The van der Waals surface area contributed by atoms with Crippen LogP contribution in [0.4, 0.5) is 4.79 Å². The molecule has 6 heteroatoms. The van der Waals surface area contributed by atoms with E-state index in [1.807, 2.05) is 0 Å². The number of hydrogen-bond acceptors (Lipinski definition) is 3. The van der Waals surface area contributed by atoms with Gasteiger partial charge in [-0.15, -0.1) is 0 Å². The van der Waals surface area contributed by atoms with Gasteiger partial charge in [0.05, 0.1) is 0 Å². The van der Waals surface area contributed by atoms with Crippen molar-refractivity contribution in [3.05, 3.63) is 0 Å². The molecule has 0 aromatic heterocycles. The van der Waals surface area contributed by atoms with Crippen molar-refractivity contribution in [1.29, 1.82) is 0 Å². The van der Waals surface area contributed by atoms with E-state index in [0.29, 0.717) is 0 Å². The summed E-state index contributed by atoms with van der Waals surface area (Å²) in [4.78, 5) is 8.33. The third kappa shape index (κ3) is 66.9. The fourth-order valence-corrected chi connectivity index (χ4v) is 0. The average Bonchev–Trinajstić information content (AvgIpc) is 0.811. The van der Waals surface area contributed by atoms with Gasteiger partial charge in [0.25, 0.3) is 0 Å². The molecule has 0 saturated heterocycles. The molecule has 0 aliphatic rings. The first kappa shape index (κ1) is 22.9. The summed E-state index contributed by atoms with van der Waals surface area (Å²) in [5, 5.41) is 16.7. The number of halogens is 1. The molecule has 0 spiro atoms. The molecule has 0 aliphatic heterocycles. The van der Waals surface area contributed by atoms with E-state index < -0.39 is 6.16 Å². The van der Waals surface area contributed by atoms with E-state index in [9.17, 15) is 0 Å². The zero-order chi connectivity index (χ0) is 3.58. The number of carbonyl (C=O) groups is 1. The van der Waals surface area contributed by atoms with Gasteiger partial charge in [-0.3, -0.25) is 0 Å². The van der Waals surface area contributed by atoms with Crippen molar-refractivity contribution in [3.8, 4) is 0 Å². The largest absolute Gasteiger partial charge is 2.00 e. The summed E-state index contributed by atoms with van der Waals surface area (Å²) in [5.41, 5.74) is 0. The minimum Gasteiger partial charge on any atom is -1.00 e. The second-order valence-corrected chi connectivity index (χ2v) is 0.250. The first-order chi connectivity index (χ1) is 1.73. The van der Waals surface area contributed by atoms with Crippen molar-refractivity contribution < 1.29 is 107 Å². The van der Waals surface area contributed by atoms with E-state index in [1.54, 1.807) is 0 Å². The monoisotopic (exact) mass is 285 g/mol. The van der Waals surface area contributed by atoms with Gasteiger partial charge in [-0.2, -0.15) is 0 Å². The SMILES string of the molecule is O=C([O-])[O-].[Co+2].[I-].[K+]. The Balaban J connectivity index is -0.0000000150. The van der Waals surface area contributed by atoms with Gasteiger partial charge in [0.2, 0.25) is 0 Å². The minimum absolute atomic E-state index is 0.